The zero-order valence-corrected chi connectivity index (χ0v) is 11.0. The molecular formula is C16H18F2. The number of halogens is 2. The second kappa shape index (κ2) is 5.76. The largest absolute Gasteiger partial charge is 0.270 e. The van der Waals surface area contributed by atoms with Crippen LogP contribution >= 0.6 is 0 Å². The molecule has 0 saturated heterocycles. The van der Waals surface area contributed by atoms with Gasteiger partial charge in [0.25, 0.3) is 5.92 Å². The highest BCUT2D eigenvalue weighted by molar-refractivity contribution is 5.54. The van der Waals surface area contributed by atoms with Gasteiger partial charge in [-0.25, -0.2) is 8.78 Å². The highest BCUT2D eigenvalue weighted by atomic mass is 19.3. The molecule has 0 heterocycles. The Bertz CT molecular complexity index is 471. The van der Waals surface area contributed by atoms with Crippen LogP contribution in [0.25, 0.3) is 6.08 Å². The molecule has 1 aromatic rings. The van der Waals surface area contributed by atoms with E-state index in [1.165, 1.54) is 12.1 Å². The smallest absolute Gasteiger partial charge is 0.202 e. The predicted octanol–water partition coefficient (Wildman–Crippen LogP) is 5.33. The van der Waals surface area contributed by atoms with Crippen molar-refractivity contribution in [2.24, 2.45) is 0 Å². The Morgan fingerprint density at radius 2 is 1.67 bits per heavy atom. The van der Waals surface area contributed by atoms with Crippen molar-refractivity contribution in [1.29, 1.82) is 0 Å². The number of alkyl halides is 2. The Balaban J connectivity index is 2.88. The van der Waals surface area contributed by atoms with Crippen molar-refractivity contribution in [3.05, 3.63) is 65.3 Å². The van der Waals surface area contributed by atoms with Gasteiger partial charge in [0, 0.05) is 12.5 Å². The molecule has 18 heavy (non-hydrogen) atoms. The summed E-state index contributed by atoms with van der Waals surface area (Å²) in [5.74, 6) is -2.78. The second-order valence-electron chi connectivity index (χ2n) is 4.41. The molecule has 96 valence electrons. The van der Waals surface area contributed by atoms with Gasteiger partial charge in [-0.3, -0.25) is 0 Å². The average Bonchev–Trinajstić information content (AvgIpc) is 2.34. The van der Waals surface area contributed by atoms with Crippen LogP contribution in [0.3, 0.4) is 0 Å². The van der Waals surface area contributed by atoms with Gasteiger partial charge in [-0.05, 0) is 30.6 Å². The van der Waals surface area contributed by atoms with Crippen molar-refractivity contribution in [3.63, 3.8) is 0 Å². The highest BCUT2D eigenvalue weighted by Gasteiger charge is 2.23. The third-order valence-electron chi connectivity index (χ3n) is 2.87. The van der Waals surface area contributed by atoms with Crippen LogP contribution in [-0.4, -0.2) is 0 Å². The fraction of sp³-hybridized carbons (Fsp3) is 0.250. The van der Waals surface area contributed by atoms with Crippen LogP contribution in [0.1, 0.15) is 31.9 Å². The van der Waals surface area contributed by atoms with E-state index in [1.54, 1.807) is 18.2 Å². The normalized spacial score (nSPS) is 13.6. The lowest BCUT2D eigenvalue weighted by Gasteiger charge is -2.10. The van der Waals surface area contributed by atoms with Crippen LogP contribution in [0.5, 0.6) is 0 Å². The number of rotatable bonds is 4. The van der Waals surface area contributed by atoms with E-state index in [-0.39, 0.29) is 5.56 Å². The zero-order valence-electron chi connectivity index (χ0n) is 11.0. The van der Waals surface area contributed by atoms with E-state index in [9.17, 15) is 8.78 Å². The van der Waals surface area contributed by atoms with Crippen LogP contribution in [-0.2, 0) is 5.92 Å². The summed E-state index contributed by atoms with van der Waals surface area (Å²) in [5, 5.41) is 0. The highest BCUT2D eigenvalue weighted by Crippen LogP contribution is 2.27. The van der Waals surface area contributed by atoms with Crippen molar-refractivity contribution in [2.45, 2.75) is 26.7 Å². The fourth-order valence-corrected chi connectivity index (χ4v) is 1.40. The molecule has 0 fully saturated rings. The summed E-state index contributed by atoms with van der Waals surface area (Å²) in [6, 6.07) is 6.30. The SMILES string of the molecule is C=C/C(C)=C(C)\C=C/c1ccc(C(C)(F)F)cc1. The second-order valence-corrected chi connectivity index (χ2v) is 4.41. The Hall–Kier alpha value is -1.70. The van der Waals surface area contributed by atoms with Gasteiger partial charge < -0.3 is 0 Å². The van der Waals surface area contributed by atoms with Gasteiger partial charge in [0.1, 0.15) is 0 Å². The summed E-state index contributed by atoms with van der Waals surface area (Å²) in [6.45, 7) is 8.57. The van der Waals surface area contributed by atoms with Crippen molar-refractivity contribution in [3.8, 4) is 0 Å². The maximum Gasteiger partial charge on any atom is 0.270 e. The Kier molecular flexibility index (Phi) is 4.60. The molecule has 0 amide bonds. The predicted molar refractivity (Wildman–Crippen MR) is 73.6 cm³/mol. The molecule has 0 radical (unpaired) electrons. The number of hydrogen-bond donors (Lipinski definition) is 0. The quantitative estimate of drug-likeness (QED) is 0.631. The molecule has 0 aliphatic rings. The minimum Gasteiger partial charge on any atom is -0.202 e. The monoisotopic (exact) mass is 248 g/mol. The molecule has 0 atom stereocenters. The van der Waals surface area contributed by atoms with Crippen LogP contribution in [0.4, 0.5) is 8.78 Å². The van der Waals surface area contributed by atoms with Crippen molar-refractivity contribution in [1.82, 2.24) is 0 Å². The molecule has 0 bridgehead atoms. The van der Waals surface area contributed by atoms with E-state index in [2.05, 4.69) is 6.58 Å². The van der Waals surface area contributed by atoms with E-state index in [0.29, 0.717) is 0 Å². The van der Waals surface area contributed by atoms with Crippen LogP contribution < -0.4 is 0 Å². The van der Waals surface area contributed by atoms with Crippen molar-refractivity contribution < 1.29 is 8.78 Å². The maximum atomic E-state index is 13.0. The maximum absolute atomic E-state index is 13.0. The average molecular weight is 248 g/mol. The molecule has 1 aromatic carbocycles. The first-order valence-electron chi connectivity index (χ1n) is 5.81. The third-order valence-corrected chi connectivity index (χ3v) is 2.87. The van der Waals surface area contributed by atoms with Crippen LogP contribution in [0.2, 0.25) is 0 Å². The summed E-state index contributed by atoms with van der Waals surface area (Å²) in [7, 11) is 0. The molecule has 1 rings (SSSR count). The Morgan fingerprint density at radius 3 is 2.11 bits per heavy atom. The molecule has 0 aliphatic carbocycles. The van der Waals surface area contributed by atoms with E-state index in [0.717, 1.165) is 23.6 Å². The minimum absolute atomic E-state index is 0.0363. The van der Waals surface area contributed by atoms with E-state index < -0.39 is 5.92 Å². The first-order chi connectivity index (χ1) is 8.34. The van der Waals surface area contributed by atoms with Gasteiger partial charge in [-0.15, -0.1) is 0 Å². The minimum atomic E-state index is -2.78. The molecule has 0 N–H and O–H groups in total. The number of allylic oxidation sites excluding steroid dienone is 4. The van der Waals surface area contributed by atoms with Gasteiger partial charge in [0.2, 0.25) is 0 Å². The zero-order chi connectivity index (χ0) is 13.8. The van der Waals surface area contributed by atoms with Gasteiger partial charge in [0.05, 0.1) is 0 Å². The number of hydrogen-bond acceptors (Lipinski definition) is 0. The van der Waals surface area contributed by atoms with Crippen molar-refractivity contribution in [2.75, 3.05) is 0 Å². The van der Waals surface area contributed by atoms with Crippen molar-refractivity contribution >= 4 is 6.08 Å². The standard InChI is InChI=1S/C16H18F2/c1-5-12(2)13(3)6-7-14-8-10-15(11-9-14)16(4,17)18/h5-11H,1H2,2-4H3/b7-6-,13-12-. The summed E-state index contributed by atoms with van der Waals surface area (Å²) >= 11 is 0. The first-order valence-corrected chi connectivity index (χ1v) is 5.81. The van der Waals surface area contributed by atoms with Gasteiger partial charge in [0.15, 0.2) is 0 Å². The first kappa shape index (κ1) is 14.4. The van der Waals surface area contributed by atoms with E-state index in [1.807, 2.05) is 26.0 Å². The van der Waals surface area contributed by atoms with Gasteiger partial charge in [-0.1, -0.05) is 49.1 Å². The molecule has 0 saturated carbocycles. The molecule has 0 spiro atoms. The van der Waals surface area contributed by atoms with E-state index in [4.69, 9.17) is 0 Å². The lowest BCUT2D eigenvalue weighted by Crippen LogP contribution is -2.06. The van der Waals surface area contributed by atoms with E-state index >= 15 is 0 Å². The molecule has 0 aliphatic heterocycles. The summed E-state index contributed by atoms with van der Waals surface area (Å²) in [4.78, 5) is 0. The summed E-state index contributed by atoms with van der Waals surface area (Å²) in [5.41, 5.74) is 3.14. The summed E-state index contributed by atoms with van der Waals surface area (Å²) in [6.07, 6.45) is 5.65. The lowest BCUT2D eigenvalue weighted by molar-refractivity contribution is 0.0175. The van der Waals surface area contributed by atoms with Gasteiger partial charge in [-0.2, -0.15) is 0 Å². The van der Waals surface area contributed by atoms with Crippen LogP contribution in [0, 0.1) is 0 Å². The lowest BCUT2D eigenvalue weighted by atomic mass is 10.1. The molecule has 0 aromatic heterocycles. The molecule has 2 heteroatoms. The Labute approximate surface area is 107 Å². The van der Waals surface area contributed by atoms with Crippen LogP contribution in [0.15, 0.2) is 54.1 Å². The Morgan fingerprint density at radius 1 is 1.11 bits per heavy atom. The fourth-order valence-electron chi connectivity index (χ4n) is 1.40. The number of benzene rings is 1. The third kappa shape index (κ3) is 3.95. The summed E-state index contributed by atoms with van der Waals surface area (Å²) < 4.78 is 26.0. The topological polar surface area (TPSA) is 0 Å². The molecular weight excluding hydrogens is 230 g/mol. The molecule has 0 nitrogen and oxygen atoms in total. The molecule has 0 unspecified atom stereocenters. The van der Waals surface area contributed by atoms with Gasteiger partial charge >= 0.3 is 0 Å².